The topological polar surface area (TPSA) is 6.48 Å². The molecule has 0 aliphatic carbocycles. The molecule has 0 amide bonds. The minimum absolute atomic E-state index is 0.894. The highest BCUT2D eigenvalue weighted by atomic mass is 15.0. The first-order valence-corrected chi connectivity index (χ1v) is 13.7. The minimum Gasteiger partial charge on any atom is -0.309 e. The third-order valence-corrected chi connectivity index (χ3v) is 5.85. The van der Waals surface area contributed by atoms with E-state index in [4.69, 9.17) is 0 Å². The first kappa shape index (κ1) is 32.1. The fraction of sp³-hybridized carbons (Fsp3) is 1.00. The van der Waals surface area contributed by atoms with Crippen molar-refractivity contribution in [2.75, 3.05) is 41.3 Å². The van der Waals surface area contributed by atoms with Crippen molar-refractivity contribution in [1.29, 1.82) is 0 Å². The molecular weight excluding hydrogens is 364 g/mol. The van der Waals surface area contributed by atoms with Crippen molar-refractivity contribution in [3.8, 4) is 0 Å². The van der Waals surface area contributed by atoms with E-state index >= 15 is 0 Å². The van der Waals surface area contributed by atoms with Gasteiger partial charge in [0, 0.05) is 0 Å². The van der Waals surface area contributed by atoms with E-state index < -0.39 is 0 Å². The van der Waals surface area contributed by atoms with Crippen LogP contribution in [0.2, 0.25) is 0 Å². The zero-order valence-electron chi connectivity index (χ0n) is 22.6. The van der Waals surface area contributed by atoms with Crippen LogP contribution in [0.5, 0.6) is 0 Å². The summed E-state index contributed by atoms with van der Waals surface area (Å²) in [6, 6.07) is 0. The largest absolute Gasteiger partial charge is 0.309 e. The van der Waals surface area contributed by atoms with Gasteiger partial charge in [0.25, 0.3) is 0 Å². The lowest BCUT2D eigenvalue weighted by Gasteiger charge is -2.08. The molecule has 0 aliphatic rings. The Morgan fingerprint density at radius 2 is 0.733 bits per heavy atom. The normalized spacial score (nSPS) is 11.4. The van der Waals surface area contributed by atoms with Crippen LogP contribution in [0.25, 0.3) is 0 Å². The second-order valence-corrected chi connectivity index (χ2v) is 10.4. The van der Waals surface area contributed by atoms with Crippen LogP contribution in [-0.4, -0.2) is 51.1 Å². The monoisotopic (exact) mass is 426 g/mol. The number of hydrogen-bond acceptors (Lipinski definition) is 2. The fourth-order valence-corrected chi connectivity index (χ4v) is 3.78. The SMILES string of the molecule is CC(C)CCCCCCCCCN(C)C.CCCCCCCCCCCCN(C)C. The van der Waals surface area contributed by atoms with Crippen molar-refractivity contribution in [2.24, 2.45) is 5.92 Å². The van der Waals surface area contributed by atoms with Crippen LogP contribution in [0, 0.1) is 5.92 Å². The van der Waals surface area contributed by atoms with Gasteiger partial charge in [-0.25, -0.2) is 0 Å². The Morgan fingerprint density at radius 1 is 0.433 bits per heavy atom. The van der Waals surface area contributed by atoms with Gasteiger partial charge in [0.1, 0.15) is 0 Å². The summed E-state index contributed by atoms with van der Waals surface area (Å²) in [5, 5.41) is 0. The highest BCUT2D eigenvalue weighted by Gasteiger charge is 1.96. The molecular formula is C28H62N2. The minimum atomic E-state index is 0.894. The molecule has 0 rings (SSSR count). The van der Waals surface area contributed by atoms with Crippen molar-refractivity contribution in [2.45, 2.75) is 136 Å². The molecule has 0 saturated heterocycles. The van der Waals surface area contributed by atoms with Crippen LogP contribution >= 0.6 is 0 Å². The molecule has 0 radical (unpaired) electrons. The van der Waals surface area contributed by atoms with Gasteiger partial charge in [-0.1, -0.05) is 124 Å². The predicted molar refractivity (Wildman–Crippen MR) is 141 cm³/mol. The van der Waals surface area contributed by atoms with Gasteiger partial charge < -0.3 is 9.80 Å². The third-order valence-electron chi connectivity index (χ3n) is 5.85. The maximum absolute atomic E-state index is 2.32. The second-order valence-electron chi connectivity index (χ2n) is 10.4. The van der Waals surface area contributed by atoms with Crippen LogP contribution in [-0.2, 0) is 0 Å². The van der Waals surface area contributed by atoms with Gasteiger partial charge in [0.05, 0.1) is 0 Å². The van der Waals surface area contributed by atoms with E-state index in [1.807, 2.05) is 0 Å². The molecule has 0 saturated carbocycles. The van der Waals surface area contributed by atoms with Crippen molar-refractivity contribution in [3.63, 3.8) is 0 Å². The molecule has 30 heavy (non-hydrogen) atoms. The lowest BCUT2D eigenvalue weighted by atomic mass is 10.0. The number of rotatable bonds is 21. The molecule has 184 valence electrons. The Morgan fingerprint density at radius 3 is 1.03 bits per heavy atom. The lowest BCUT2D eigenvalue weighted by Crippen LogP contribution is -2.12. The molecule has 0 aromatic carbocycles. The van der Waals surface area contributed by atoms with Gasteiger partial charge >= 0.3 is 0 Å². The molecule has 2 nitrogen and oxygen atoms in total. The smallest absolute Gasteiger partial charge is 0.00248 e. The molecule has 0 atom stereocenters. The van der Waals surface area contributed by atoms with E-state index in [9.17, 15) is 0 Å². The second kappa shape index (κ2) is 27.0. The first-order chi connectivity index (χ1) is 14.4. The maximum Gasteiger partial charge on any atom is -0.00248 e. The van der Waals surface area contributed by atoms with E-state index in [-0.39, 0.29) is 0 Å². The molecule has 0 heterocycles. The molecule has 0 N–H and O–H groups in total. The lowest BCUT2D eigenvalue weighted by molar-refractivity contribution is 0.389. The highest BCUT2D eigenvalue weighted by molar-refractivity contribution is 4.51. The van der Waals surface area contributed by atoms with Crippen molar-refractivity contribution in [3.05, 3.63) is 0 Å². The quantitative estimate of drug-likeness (QED) is 0.169. The summed E-state index contributed by atoms with van der Waals surface area (Å²) in [6.45, 7) is 9.44. The van der Waals surface area contributed by atoms with Crippen LogP contribution in [0.4, 0.5) is 0 Å². The number of nitrogens with zero attached hydrogens (tertiary/aromatic N) is 2. The summed E-state index contributed by atoms with van der Waals surface area (Å²) in [4.78, 5) is 4.56. The summed E-state index contributed by atoms with van der Waals surface area (Å²) in [6.07, 6.45) is 25.8. The fourth-order valence-electron chi connectivity index (χ4n) is 3.78. The summed E-state index contributed by atoms with van der Waals surface area (Å²) in [5.74, 6) is 0.894. The average molecular weight is 427 g/mol. The predicted octanol–water partition coefficient (Wildman–Crippen LogP) is 8.79. The summed E-state index contributed by atoms with van der Waals surface area (Å²) >= 11 is 0. The molecule has 0 aromatic rings. The number of hydrogen-bond donors (Lipinski definition) is 0. The Labute approximate surface area is 193 Å². The van der Waals surface area contributed by atoms with Crippen molar-refractivity contribution < 1.29 is 0 Å². The molecule has 0 unspecified atom stereocenters. The van der Waals surface area contributed by atoms with Gasteiger partial charge in [-0.2, -0.15) is 0 Å². The highest BCUT2D eigenvalue weighted by Crippen LogP contribution is 2.12. The van der Waals surface area contributed by atoms with Gasteiger partial charge in [0.15, 0.2) is 0 Å². The van der Waals surface area contributed by atoms with Gasteiger partial charge in [-0.3, -0.25) is 0 Å². The van der Waals surface area contributed by atoms with Crippen LogP contribution < -0.4 is 0 Å². The van der Waals surface area contributed by atoms with E-state index in [1.165, 1.54) is 129 Å². The summed E-state index contributed by atoms with van der Waals surface area (Å²) in [5.41, 5.74) is 0. The standard InChI is InChI=1S/2C14H31N/c1-14(2)12-10-8-6-5-7-9-11-13-15(3)4;1-4-5-6-7-8-9-10-11-12-13-14-15(2)3/h14H,5-13H2,1-4H3;4-14H2,1-3H3. The average Bonchev–Trinajstić information content (AvgIpc) is 2.68. The van der Waals surface area contributed by atoms with E-state index in [0.29, 0.717) is 0 Å². The maximum atomic E-state index is 2.32. The zero-order chi connectivity index (χ0) is 22.9. The van der Waals surface area contributed by atoms with E-state index in [0.717, 1.165) is 5.92 Å². The van der Waals surface area contributed by atoms with Gasteiger partial charge in [-0.15, -0.1) is 0 Å². The van der Waals surface area contributed by atoms with Crippen molar-refractivity contribution >= 4 is 0 Å². The van der Waals surface area contributed by atoms with E-state index in [1.54, 1.807) is 0 Å². The Balaban J connectivity index is 0. The first-order valence-electron chi connectivity index (χ1n) is 13.7. The summed E-state index contributed by atoms with van der Waals surface area (Å²) in [7, 11) is 8.64. The molecule has 0 bridgehead atoms. The molecule has 0 aromatic heterocycles. The molecule has 0 fully saturated rings. The van der Waals surface area contributed by atoms with Crippen LogP contribution in [0.3, 0.4) is 0 Å². The Kier molecular flexibility index (Phi) is 28.8. The van der Waals surface area contributed by atoms with E-state index in [2.05, 4.69) is 58.8 Å². The van der Waals surface area contributed by atoms with Gasteiger partial charge in [-0.05, 0) is 60.0 Å². The van der Waals surface area contributed by atoms with Crippen LogP contribution in [0.15, 0.2) is 0 Å². The summed E-state index contributed by atoms with van der Waals surface area (Å²) < 4.78 is 0. The number of unbranched alkanes of at least 4 members (excludes halogenated alkanes) is 15. The molecule has 2 heteroatoms. The Hall–Kier alpha value is -0.0800. The molecule has 0 aliphatic heterocycles. The molecule has 0 spiro atoms. The zero-order valence-corrected chi connectivity index (χ0v) is 22.6. The van der Waals surface area contributed by atoms with Gasteiger partial charge in [0.2, 0.25) is 0 Å². The third kappa shape index (κ3) is 35.4. The van der Waals surface area contributed by atoms with Crippen LogP contribution in [0.1, 0.15) is 136 Å². The Bertz CT molecular complexity index is 272. The van der Waals surface area contributed by atoms with Crippen molar-refractivity contribution in [1.82, 2.24) is 9.80 Å².